The summed E-state index contributed by atoms with van der Waals surface area (Å²) in [6, 6.07) is 5.40. The van der Waals surface area contributed by atoms with E-state index in [2.05, 4.69) is 4.98 Å². The molecule has 0 unspecified atom stereocenters. The van der Waals surface area contributed by atoms with Crippen LogP contribution in [-0.2, 0) is 16.1 Å². The smallest absolute Gasteiger partial charge is 0.340 e. The van der Waals surface area contributed by atoms with E-state index in [4.69, 9.17) is 9.47 Å². The maximum atomic E-state index is 12.7. The van der Waals surface area contributed by atoms with Crippen molar-refractivity contribution in [3.05, 3.63) is 67.6 Å². The van der Waals surface area contributed by atoms with Crippen LogP contribution in [0.1, 0.15) is 16.1 Å². The molecular formula is C18H16N4O6S. The predicted octanol–water partition coefficient (Wildman–Crippen LogP) is 1.86. The molecule has 1 aliphatic rings. The molecule has 3 heterocycles. The Morgan fingerprint density at radius 2 is 2.10 bits per heavy atom. The SMILES string of the molecule is O=C(OCc1cc(=O)n2ccsc2n1)c1cc([N+](=O)[O-])ccc1N1CCOCC1. The van der Waals surface area contributed by atoms with Gasteiger partial charge in [-0.3, -0.25) is 19.3 Å². The number of hydrogen-bond donors (Lipinski definition) is 0. The van der Waals surface area contributed by atoms with Gasteiger partial charge in [-0.2, -0.15) is 0 Å². The van der Waals surface area contributed by atoms with Crippen molar-refractivity contribution in [2.24, 2.45) is 0 Å². The van der Waals surface area contributed by atoms with Crippen LogP contribution >= 0.6 is 11.3 Å². The number of aromatic nitrogens is 2. The van der Waals surface area contributed by atoms with Gasteiger partial charge >= 0.3 is 5.97 Å². The number of carbonyl (C=O) groups excluding carboxylic acids is 1. The quantitative estimate of drug-likeness (QED) is 0.351. The molecule has 150 valence electrons. The molecule has 0 bridgehead atoms. The summed E-state index contributed by atoms with van der Waals surface area (Å²) >= 11 is 1.29. The molecule has 0 atom stereocenters. The Morgan fingerprint density at radius 1 is 1.31 bits per heavy atom. The topological polar surface area (TPSA) is 116 Å². The first-order valence-corrected chi connectivity index (χ1v) is 9.65. The monoisotopic (exact) mass is 416 g/mol. The number of nitro groups is 1. The Labute approximate surface area is 168 Å². The van der Waals surface area contributed by atoms with Gasteiger partial charge in [0.05, 0.1) is 35.1 Å². The molecule has 1 saturated heterocycles. The van der Waals surface area contributed by atoms with E-state index in [0.717, 1.165) is 0 Å². The van der Waals surface area contributed by atoms with Gasteiger partial charge in [0.15, 0.2) is 4.96 Å². The van der Waals surface area contributed by atoms with E-state index in [1.54, 1.807) is 17.6 Å². The summed E-state index contributed by atoms with van der Waals surface area (Å²) < 4.78 is 12.1. The van der Waals surface area contributed by atoms with Crippen molar-refractivity contribution < 1.29 is 19.2 Å². The summed E-state index contributed by atoms with van der Waals surface area (Å²) in [6.07, 6.45) is 1.61. The number of nitrogens with zero attached hydrogens (tertiary/aromatic N) is 4. The van der Waals surface area contributed by atoms with E-state index >= 15 is 0 Å². The number of rotatable bonds is 5. The van der Waals surface area contributed by atoms with Crippen LogP contribution in [-0.4, -0.2) is 46.6 Å². The zero-order valence-corrected chi connectivity index (χ0v) is 16.0. The van der Waals surface area contributed by atoms with Crippen LogP contribution in [0.15, 0.2) is 40.6 Å². The Hall–Kier alpha value is -3.31. The fourth-order valence-corrected chi connectivity index (χ4v) is 3.80. The average molecular weight is 416 g/mol. The normalized spacial score (nSPS) is 14.1. The molecule has 0 amide bonds. The van der Waals surface area contributed by atoms with Crippen molar-refractivity contribution in [1.29, 1.82) is 0 Å². The van der Waals surface area contributed by atoms with Crippen molar-refractivity contribution >= 4 is 33.6 Å². The lowest BCUT2D eigenvalue weighted by molar-refractivity contribution is -0.384. The number of thiazole rings is 1. The van der Waals surface area contributed by atoms with Crippen molar-refractivity contribution in [2.75, 3.05) is 31.2 Å². The molecule has 3 aromatic rings. The predicted molar refractivity (Wildman–Crippen MR) is 105 cm³/mol. The molecule has 2 aromatic heterocycles. The molecule has 0 radical (unpaired) electrons. The van der Waals surface area contributed by atoms with Crippen molar-refractivity contribution in [2.45, 2.75) is 6.61 Å². The third-order valence-corrected chi connectivity index (χ3v) is 5.23. The zero-order valence-electron chi connectivity index (χ0n) is 15.1. The number of carbonyl (C=O) groups is 1. The first-order valence-electron chi connectivity index (χ1n) is 8.77. The molecule has 4 rings (SSSR count). The first-order chi connectivity index (χ1) is 14.0. The van der Waals surface area contributed by atoms with Crippen LogP contribution in [0.25, 0.3) is 4.96 Å². The van der Waals surface area contributed by atoms with Gasteiger partial charge in [-0.05, 0) is 6.07 Å². The first kappa shape index (κ1) is 19.0. The lowest BCUT2D eigenvalue weighted by atomic mass is 10.1. The Morgan fingerprint density at radius 3 is 2.86 bits per heavy atom. The minimum absolute atomic E-state index is 0.0926. The van der Waals surface area contributed by atoms with E-state index in [1.165, 1.54) is 33.9 Å². The highest BCUT2D eigenvalue weighted by atomic mass is 32.1. The number of anilines is 1. The number of non-ortho nitro benzene ring substituents is 1. The second-order valence-corrected chi connectivity index (χ2v) is 7.15. The third kappa shape index (κ3) is 3.96. The highest BCUT2D eigenvalue weighted by molar-refractivity contribution is 7.15. The van der Waals surface area contributed by atoms with Gasteiger partial charge < -0.3 is 14.4 Å². The van der Waals surface area contributed by atoms with Gasteiger partial charge in [0.25, 0.3) is 11.2 Å². The molecule has 0 N–H and O–H groups in total. The van der Waals surface area contributed by atoms with Crippen LogP contribution in [0.5, 0.6) is 0 Å². The number of fused-ring (bicyclic) bond motifs is 1. The van der Waals surface area contributed by atoms with E-state index in [1.807, 2.05) is 4.90 Å². The van der Waals surface area contributed by atoms with Gasteiger partial charge in [-0.25, -0.2) is 9.78 Å². The molecule has 1 fully saturated rings. The summed E-state index contributed by atoms with van der Waals surface area (Å²) in [4.78, 5) is 42.1. The molecule has 10 nitrogen and oxygen atoms in total. The largest absolute Gasteiger partial charge is 0.456 e. The summed E-state index contributed by atoms with van der Waals surface area (Å²) in [6.45, 7) is 1.91. The molecule has 0 aliphatic carbocycles. The maximum Gasteiger partial charge on any atom is 0.340 e. The third-order valence-electron chi connectivity index (χ3n) is 4.47. The molecule has 1 aromatic carbocycles. The standard InChI is InChI=1S/C18H16N4O6S/c23-16-9-12(19-18-21(16)5-8-29-18)11-28-17(24)14-10-13(22(25)26)1-2-15(14)20-3-6-27-7-4-20/h1-2,5,8-10H,3-4,6-7,11H2. The Bertz CT molecular complexity index is 1130. The number of morpholine rings is 1. The second kappa shape index (κ2) is 7.97. The van der Waals surface area contributed by atoms with Gasteiger partial charge in [-0.15, -0.1) is 11.3 Å². The van der Waals surface area contributed by atoms with E-state index < -0.39 is 10.9 Å². The zero-order chi connectivity index (χ0) is 20.4. The lowest BCUT2D eigenvalue weighted by Gasteiger charge is -2.30. The number of nitro benzene ring substituents is 1. The van der Waals surface area contributed by atoms with Crippen LogP contribution in [0.2, 0.25) is 0 Å². The molecule has 1 aliphatic heterocycles. The van der Waals surface area contributed by atoms with Gasteiger partial charge in [0.2, 0.25) is 0 Å². The van der Waals surface area contributed by atoms with Crippen molar-refractivity contribution in [3.63, 3.8) is 0 Å². The number of benzene rings is 1. The van der Waals surface area contributed by atoms with Gasteiger partial charge in [0.1, 0.15) is 6.61 Å². The summed E-state index contributed by atoms with van der Waals surface area (Å²) in [5, 5.41) is 12.9. The fraction of sp³-hybridized carbons (Fsp3) is 0.278. The molecule has 0 saturated carbocycles. The van der Waals surface area contributed by atoms with Crippen LogP contribution in [0.3, 0.4) is 0 Å². The lowest BCUT2D eigenvalue weighted by Crippen LogP contribution is -2.37. The van der Waals surface area contributed by atoms with Crippen LogP contribution in [0.4, 0.5) is 11.4 Å². The molecular weight excluding hydrogens is 400 g/mol. The van der Waals surface area contributed by atoms with Crippen LogP contribution < -0.4 is 10.5 Å². The second-order valence-electron chi connectivity index (χ2n) is 6.28. The number of ether oxygens (including phenoxy) is 2. The minimum Gasteiger partial charge on any atom is -0.456 e. The average Bonchev–Trinajstić information content (AvgIpc) is 3.21. The van der Waals surface area contributed by atoms with E-state index in [-0.39, 0.29) is 23.4 Å². The number of hydrogen-bond acceptors (Lipinski definition) is 9. The van der Waals surface area contributed by atoms with E-state index in [0.29, 0.717) is 42.6 Å². The molecule has 11 heteroatoms. The summed E-state index contributed by atoms with van der Waals surface area (Å²) in [5.41, 5.74) is 0.474. The highest BCUT2D eigenvalue weighted by Gasteiger charge is 2.23. The van der Waals surface area contributed by atoms with Gasteiger partial charge in [-0.1, -0.05) is 0 Å². The Balaban J connectivity index is 1.59. The summed E-state index contributed by atoms with van der Waals surface area (Å²) in [5.74, 6) is -0.719. The van der Waals surface area contributed by atoms with E-state index in [9.17, 15) is 19.7 Å². The Kier molecular flexibility index (Phi) is 5.23. The summed E-state index contributed by atoms with van der Waals surface area (Å²) in [7, 11) is 0. The number of esters is 1. The van der Waals surface area contributed by atoms with Crippen molar-refractivity contribution in [1.82, 2.24) is 9.38 Å². The van der Waals surface area contributed by atoms with Gasteiger partial charge in [0, 0.05) is 42.9 Å². The highest BCUT2D eigenvalue weighted by Crippen LogP contribution is 2.27. The maximum absolute atomic E-state index is 12.7. The molecule has 0 spiro atoms. The van der Waals surface area contributed by atoms with Crippen molar-refractivity contribution in [3.8, 4) is 0 Å². The fourth-order valence-electron chi connectivity index (χ4n) is 3.06. The molecule has 29 heavy (non-hydrogen) atoms. The minimum atomic E-state index is -0.719. The van der Waals surface area contributed by atoms with Crippen LogP contribution in [0, 0.1) is 10.1 Å².